The third-order valence-electron chi connectivity index (χ3n) is 11.3. The number of ether oxygens (including phenoxy) is 3. The van der Waals surface area contributed by atoms with Crippen molar-refractivity contribution in [2.45, 2.75) is 199 Å². The first kappa shape index (κ1) is 65.5. The number of allylic oxidation sites excluding steroid dienone is 22. The van der Waals surface area contributed by atoms with Gasteiger partial charge in [-0.05, 0) is 103 Å². The summed E-state index contributed by atoms with van der Waals surface area (Å²) in [6, 6.07) is -0.745. The first-order valence-corrected chi connectivity index (χ1v) is 27.2. The second kappa shape index (κ2) is 50.8. The third kappa shape index (κ3) is 48.5. The minimum Gasteiger partial charge on any atom is -0.544 e. The lowest BCUT2D eigenvalue weighted by Crippen LogP contribution is -2.55. The third-order valence-corrected chi connectivity index (χ3v) is 11.3. The molecule has 0 heterocycles. The Hall–Kier alpha value is -4.53. The number of carbonyl (C=O) groups excluding carboxylic acids is 3. The van der Waals surface area contributed by atoms with Gasteiger partial charge in [0.25, 0.3) is 0 Å². The monoisotopic (exact) mass is 970 g/mol. The summed E-state index contributed by atoms with van der Waals surface area (Å²) in [5.41, 5.74) is 0. The number of esters is 2. The first-order valence-electron chi connectivity index (χ1n) is 27.2. The van der Waals surface area contributed by atoms with Crippen LogP contribution in [0.2, 0.25) is 0 Å². The number of hydrogen-bond acceptors (Lipinski definition) is 7. The minimum absolute atomic E-state index is 0.0116. The van der Waals surface area contributed by atoms with E-state index < -0.39 is 18.1 Å². The average Bonchev–Trinajstić information content (AvgIpc) is 3.33. The Kier molecular flexibility index (Phi) is 47.6. The summed E-state index contributed by atoms with van der Waals surface area (Å²) in [7, 11) is 5.39. The van der Waals surface area contributed by atoms with Crippen LogP contribution >= 0.6 is 0 Å². The molecular formula is C62H99NO7. The second-order valence-corrected chi connectivity index (χ2v) is 18.7. The Bertz CT molecular complexity index is 1600. The zero-order valence-electron chi connectivity index (χ0n) is 44.9. The molecule has 8 heteroatoms. The van der Waals surface area contributed by atoms with E-state index in [1.54, 1.807) is 21.1 Å². The molecule has 0 saturated carbocycles. The number of aliphatic carboxylic acids is 1. The van der Waals surface area contributed by atoms with Gasteiger partial charge in [0.15, 0.2) is 6.10 Å². The van der Waals surface area contributed by atoms with E-state index in [0.717, 1.165) is 103 Å². The van der Waals surface area contributed by atoms with Crippen molar-refractivity contribution in [3.63, 3.8) is 0 Å². The van der Waals surface area contributed by atoms with Crippen LogP contribution in [-0.4, -0.2) is 75.5 Å². The van der Waals surface area contributed by atoms with Crippen LogP contribution < -0.4 is 5.11 Å². The van der Waals surface area contributed by atoms with Crippen molar-refractivity contribution in [1.29, 1.82) is 0 Å². The molecule has 0 aromatic rings. The van der Waals surface area contributed by atoms with Gasteiger partial charge in [0.1, 0.15) is 12.6 Å². The lowest BCUT2D eigenvalue weighted by Gasteiger charge is -2.34. The first-order chi connectivity index (χ1) is 34.1. The molecule has 0 rings (SSSR count). The molecule has 0 fully saturated rings. The van der Waals surface area contributed by atoms with Crippen molar-refractivity contribution in [3.05, 3.63) is 134 Å². The Morgan fingerprint density at radius 1 is 0.429 bits per heavy atom. The maximum atomic E-state index is 12.8. The molecule has 8 nitrogen and oxygen atoms in total. The normalized spacial score (nSPS) is 13.9. The molecule has 0 amide bonds. The maximum absolute atomic E-state index is 12.8. The lowest BCUT2D eigenvalue weighted by atomic mass is 10.0. The summed E-state index contributed by atoms with van der Waals surface area (Å²) in [5.74, 6) is -1.83. The predicted molar refractivity (Wildman–Crippen MR) is 295 cm³/mol. The molecule has 0 aromatic heterocycles. The fraction of sp³-hybridized carbons (Fsp3) is 0.597. The van der Waals surface area contributed by atoms with Crippen LogP contribution in [-0.2, 0) is 28.6 Å². The van der Waals surface area contributed by atoms with Gasteiger partial charge in [0.2, 0.25) is 0 Å². The number of rotatable bonds is 47. The van der Waals surface area contributed by atoms with Gasteiger partial charge < -0.3 is 28.6 Å². The molecule has 2 unspecified atom stereocenters. The quantitative estimate of drug-likeness (QED) is 0.0259. The van der Waals surface area contributed by atoms with E-state index in [1.165, 1.54) is 44.9 Å². The molecule has 0 bridgehead atoms. The van der Waals surface area contributed by atoms with Crippen molar-refractivity contribution >= 4 is 17.9 Å². The number of quaternary nitrogens is 1. The van der Waals surface area contributed by atoms with E-state index in [4.69, 9.17) is 14.2 Å². The number of carboxylic acid groups (broad SMARTS) is 1. The highest BCUT2D eigenvalue weighted by molar-refractivity contribution is 5.70. The molecule has 0 aliphatic heterocycles. The predicted octanol–water partition coefficient (Wildman–Crippen LogP) is 15.0. The molecule has 0 aliphatic carbocycles. The number of likely N-dealkylation sites (N-methyl/N-ethyl adjacent to an activating group) is 1. The fourth-order valence-corrected chi connectivity index (χ4v) is 7.17. The van der Waals surface area contributed by atoms with Gasteiger partial charge in [0, 0.05) is 19.3 Å². The molecule has 0 aliphatic rings. The van der Waals surface area contributed by atoms with Crippen molar-refractivity contribution in [1.82, 2.24) is 0 Å². The zero-order valence-corrected chi connectivity index (χ0v) is 44.9. The fourth-order valence-electron chi connectivity index (χ4n) is 7.17. The molecule has 394 valence electrons. The molecule has 0 saturated heterocycles. The van der Waals surface area contributed by atoms with Crippen molar-refractivity contribution in [2.75, 3.05) is 41.0 Å². The van der Waals surface area contributed by atoms with E-state index in [2.05, 4.69) is 148 Å². The van der Waals surface area contributed by atoms with Crippen LogP contribution in [0.3, 0.4) is 0 Å². The molecular weight excluding hydrogens is 871 g/mol. The van der Waals surface area contributed by atoms with E-state index in [9.17, 15) is 19.5 Å². The van der Waals surface area contributed by atoms with Crippen molar-refractivity contribution in [3.8, 4) is 0 Å². The molecule has 0 radical (unpaired) electrons. The molecule has 2 atom stereocenters. The Labute approximate surface area is 428 Å². The highest BCUT2D eigenvalue weighted by Crippen LogP contribution is 2.14. The van der Waals surface area contributed by atoms with Gasteiger partial charge in [-0.3, -0.25) is 9.59 Å². The number of unbranched alkanes of at least 4 members (excludes halogenated alkanes) is 11. The average molecular weight is 970 g/mol. The van der Waals surface area contributed by atoms with Crippen LogP contribution in [0.25, 0.3) is 0 Å². The van der Waals surface area contributed by atoms with Gasteiger partial charge in [0.05, 0.1) is 40.3 Å². The Balaban J connectivity index is 4.35. The largest absolute Gasteiger partial charge is 0.544 e. The summed E-state index contributed by atoms with van der Waals surface area (Å²) in [6.45, 7) is 4.36. The highest BCUT2D eigenvalue weighted by Gasteiger charge is 2.25. The van der Waals surface area contributed by atoms with Crippen LogP contribution in [0.1, 0.15) is 187 Å². The van der Waals surface area contributed by atoms with E-state index >= 15 is 0 Å². The van der Waals surface area contributed by atoms with E-state index in [0.29, 0.717) is 12.8 Å². The smallest absolute Gasteiger partial charge is 0.306 e. The van der Waals surface area contributed by atoms with E-state index in [-0.39, 0.29) is 49.1 Å². The summed E-state index contributed by atoms with van der Waals surface area (Å²) in [5, 5.41) is 11.7. The lowest BCUT2D eigenvalue weighted by molar-refractivity contribution is -0.889. The van der Waals surface area contributed by atoms with Crippen LogP contribution in [0, 0.1) is 0 Å². The van der Waals surface area contributed by atoms with Crippen molar-refractivity contribution < 1.29 is 38.2 Å². The maximum Gasteiger partial charge on any atom is 0.306 e. The number of hydrogen-bond donors (Lipinski definition) is 0. The van der Waals surface area contributed by atoms with Gasteiger partial charge in [-0.25, -0.2) is 0 Å². The van der Waals surface area contributed by atoms with Gasteiger partial charge >= 0.3 is 11.9 Å². The molecule has 0 spiro atoms. The number of carboxylic acids is 1. The molecule has 70 heavy (non-hydrogen) atoms. The summed E-state index contributed by atoms with van der Waals surface area (Å²) < 4.78 is 17.2. The SMILES string of the molecule is CC/C=C/C/C=C/C/C=C/C/C=C/C/C=C/C/C=C/C/C=C/CCCC(=O)OCC(COCCC(C(=O)[O-])[N+](C)(C)C)OC(=O)CCCCCCCCCCCC/C=C/C/C=C/C/C=C/C/C=C/CC. The highest BCUT2D eigenvalue weighted by atomic mass is 16.6. The van der Waals surface area contributed by atoms with Crippen LogP contribution in [0.4, 0.5) is 0 Å². The second-order valence-electron chi connectivity index (χ2n) is 18.7. The standard InChI is InChI=1S/C62H99NO7/c1-6-8-10-12-14-16-18-20-22-24-26-28-30-32-34-36-38-40-42-44-46-48-50-52-60(64)69-57-58(56-68-55-54-59(62(66)67)63(3,4)5)70-61(65)53-51-49-47-45-43-41-39-37-35-33-31-29-27-25-23-21-19-17-15-13-11-9-7-2/h8-11,14-17,20-23,26-29,32,34,38,40,44,46,58-59H,6-7,12-13,18-19,24-25,30-31,33,35-37,39,41-43,45,47-57H2,1-5H3/b10-8+,11-9+,16-14+,17-15+,22-20+,23-21+,28-26+,29-27+,34-32+,40-38+,46-44+. The van der Waals surface area contributed by atoms with Crippen LogP contribution in [0.5, 0.6) is 0 Å². The zero-order chi connectivity index (χ0) is 51.3. The van der Waals surface area contributed by atoms with E-state index in [1.807, 2.05) is 0 Å². The van der Waals surface area contributed by atoms with Gasteiger partial charge in [-0.1, -0.05) is 199 Å². The minimum atomic E-state index is -1.14. The Morgan fingerprint density at radius 3 is 1.16 bits per heavy atom. The van der Waals surface area contributed by atoms with Gasteiger partial charge in [-0.15, -0.1) is 0 Å². The number of carbonyl (C=O) groups is 3. The van der Waals surface area contributed by atoms with Crippen LogP contribution in [0.15, 0.2) is 134 Å². The summed E-state index contributed by atoms with van der Waals surface area (Å²) in [4.78, 5) is 37.1. The molecule has 0 aromatic carbocycles. The number of nitrogens with zero attached hydrogens (tertiary/aromatic N) is 1. The van der Waals surface area contributed by atoms with Crippen molar-refractivity contribution in [2.24, 2.45) is 0 Å². The molecule has 0 N–H and O–H groups in total. The topological polar surface area (TPSA) is 102 Å². The van der Waals surface area contributed by atoms with Gasteiger partial charge in [-0.2, -0.15) is 0 Å². The summed E-state index contributed by atoms with van der Waals surface area (Å²) in [6.07, 6.45) is 73.5. The Morgan fingerprint density at radius 2 is 0.771 bits per heavy atom. The summed E-state index contributed by atoms with van der Waals surface area (Å²) >= 11 is 0.